The van der Waals surface area contributed by atoms with Gasteiger partial charge in [0.25, 0.3) is 0 Å². The molecule has 0 fully saturated rings. The van der Waals surface area contributed by atoms with Crippen LogP contribution in [0.3, 0.4) is 0 Å². The number of benzene rings is 2. The second-order valence-electron chi connectivity index (χ2n) is 3.99. The van der Waals surface area contributed by atoms with Gasteiger partial charge in [-0.15, -0.1) is 0 Å². The van der Waals surface area contributed by atoms with E-state index in [0.29, 0.717) is 15.6 Å². The lowest BCUT2D eigenvalue weighted by atomic mass is 10.0. The van der Waals surface area contributed by atoms with Gasteiger partial charge in [-0.05, 0) is 36.4 Å². The Morgan fingerprint density at radius 1 is 1.05 bits per heavy atom. The monoisotopic (exact) mass is 466 g/mol. The third-order valence-electron chi connectivity index (χ3n) is 2.67. The van der Waals surface area contributed by atoms with Gasteiger partial charge in [0.05, 0.1) is 3.74 Å². The predicted octanol–water partition coefficient (Wildman–Crippen LogP) is 5.75. The van der Waals surface area contributed by atoms with Gasteiger partial charge in [0.1, 0.15) is 11.6 Å². The number of halogens is 5. The number of alkyl halides is 2. The van der Waals surface area contributed by atoms with Crippen molar-refractivity contribution < 1.29 is 13.6 Å². The van der Waals surface area contributed by atoms with Crippen molar-refractivity contribution in [3.63, 3.8) is 0 Å². The van der Waals surface area contributed by atoms with Gasteiger partial charge in [-0.3, -0.25) is 4.79 Å². The van der Waals surface area contributed by atoms with Crippen LogP contribution in [0.1, 0.15) is 25.2 Å². The molecule has 0 aliphatic heterocycles. The van der Waals surface area contributed by atoms with Crippen LogP contribution < -0.4 is 0 Å². The number of carbonyl (C=O) groups is 1. The van der Waals surface area contributed by atoms with Crippen molar-refractivity contribution in [2.24, 2.45) is 0 Å². The van der Waals surface area contributed by atoms with E-state index in [1.54, 1.807) is 0 Å². The summed E-state index contributed by atoms with van der Waals surface area (Å²) in [4.78, 5) is 12.3. The molecule has 0 bridgehead atoms. The number of ketones is 1. The standard InChI is InChI=1S/C14H7Br3F2O/c15-11-5-10(14(16)17)12(19)6-9(11)13(20)7-1-3-8(18)4-2-7/h1-6,14H. The molecule has 0 aliphatic rings. The zero-order valence-corrected chi connectivity index (χ0v) is 14.6. The first-order valence-electron chi connectivity index (χ1n) is 5.47. The molecule has 1 nitrogen and oxygen atoms in total. The molecule has 0 unspecified atom stereocenters. The molecule has 104 valence electrons. The fraction of sp³-hybridized carbons (Fsp3) is 0.0714. The van der Waals surface area contributed by atoms with Crippen molar-refractivity contribution in [2.45, 2.75) is 3.74 Å². The molecule has 0 heterocycles. The van der Waals surface area contributed by atoms with E-state index < -0.39 is 11.6 Å². The first-order valence-corrected chi connectivity index (χ1v) is 8.10. The number of carbonyl (C=O) groups excluding carboxylic acids is 1. The lowest BCUT2D eigenvalue weighted by Gasteiger charge is -2.09. The van der Waals surface area contributed by atoms with Crippen LogP contribution in [0.25, 0.3) is 0 Å². The van der Waals surface area contributed by atoms with Gasteiger partial charge in [0.15, 0.2) is 5.78 Å². The van der Waals surface area contributed by atoms with E-state index in [9.17, 15) is 13.6 Å². The molecule has 2 aromatic rings. The molecule has 0 aliphatic carbocycles. The molecule has 0 saturated carbocycles. The highest BCUT2D eigenvalue weighted by Crippen LogP contribution is 2.34. The average Bonchev–Trinajstić information content (AvgIpc) is 2.40. The molecule has 0 N–H and O–H groups in total. The summed E-state index contributed by atoms with van der Waals surface area (Å²) in [5, 5.41) is 0. The van der Waals surface area contributed by atoms with Crippen molar-refractivity contribution in [3.8, 4) is 0 Å². The van der Waals surface area contributed by atoms with Gasteiger partial charge in [-0.1, -0.05) is 47.8 Å². The van der Waals surface area contributed by atoms with Crippen molar-refractivity contribution in [1.82, 2.24) is 0 Å². The van der Waals surface area contributed by atoms with Crippen molar-refractivity contribution in [1.29, 1.82) is 0 Å². The maximum Gasteiger partial charge on any atom is 0.194 e. The topological polar surface area (TPSA) is 17.1 Å². The van der Waals surface area contributed by atoms with Crippen LogP contribution in [0.15, 0.2) is 40.9 Å². The van der Waals surface area contributed by atoms with Crippen LogP contribution >= 0.6 is 47.8 Å². The Kier molecular flexibility index (Phi) is 5.09. The SMILES string of the molecule is O=C(c1ccc(F)cc1)c1cc(F)c(C(Br)Br)cc1Br. The normalized spacial score (nSPS) is 10.9. The Hall–Kier alpha value is -0.590. The Morgan fingerprint density at radius 3 is 2.20 bits per heavy atom. The lowest BCUT2D eigenvalue weighted by molar-refractivity contribution is 0.103. The molecular weight excluding hydrogens is 462 g/mol. The second-order valence-corrected chi connectivity index (χ2v) is 7.90. The van der Waals surface area contributed by atoms with E-state index in [2.05, 4.69) is 47.8 Å². The summed E-state index contributed by atoms with van der Waals surface area (Å²) >= 11 is 9.68. The van der Waals surface area contributed by atoms with Crippen LogP contribution in [-0.2, 0) is 0 Å². The predicted molar refractivity (Wildman–Crippen MR) is 84.5 cm³/mol. The highest BCUT2D eigenvalue weighted by molar-refractivity contribution is 9.24. The molecule has 20 heavy (non-hydrogen) atoms. The molecule has 6 heteroatoms. The molecular formula is C14H7Br3F2O. The smallest absolute Gasteiger partial charge is 0.194 e. The van der Waals surface area contributed by atoms with Gasteiger partial charge in [-0.2, -0.15) is 0 Å². The number of hydrogen-bond donors (Lipinski definition) is 0. The summed E-state index contributed by atoms with van der Waals surface area (Å²) in [5.74, 6) is -1.30. The minimum atomic E-state index is -0.502. The van der Waals surface area contributed by atoms with Crippen LogP contribution in [0.4, 0.5) is 8.78 Å². The van der Waals surface area contributed by atoms with Gasteiger partial charge in [0.2, 0.25) is 0 Å². The van der Waals surface area contributed by atoms with Crippen molar-refractivity contribution in [2.75, 3.05) is 0 Å². The first kappa shape index (κ1) is 15.8. The molecule has 0 atom stereocenters. The van der Waals surface area contributed by atoms with E-state index in [-0.39, 0.29) is 15.1 Å². The number of hydrogen-bond acceptors (Lipinski definition) is 1. The van der Waals surface area contributed by atoms with Crippen LogP contribution in [0.2, 0.25) is 0 Å². The molecule has 2 aromatic carbocycles. The van der Waals surface area contributed by atoms with Gasteiger partial charge in [0, 0.05) is 21.2 Å². The van der Waals surface area contributed by atoms with Gasteiger partial charge >= 0.3 is 0 Å². The Morgan fingerprint density at radius 2 is 1.65 bits per heavy atom. The fourth-order valence-electron chi connectivity index (χ4n) is 1.66. The summed E-state index contributed by atoms with van der Waals surface area (Å²) in [6, 6.07) is 7.82. The van der Waals surface area contributed by atoms with Crippen LogP contribution in [0.5, 0.6) is 0 Å². The summed E-state index contributed by atoms with van der Waals surface area (Å²) in [7, 11) is 0. The maximum atomic E-state index is 13.9. The van der Waals surface area contributed by atoms with E-state index in [1.165, 1.54) is 36.4 Å². The molecule has 0 amide bonds. The highest BCUT2D eigenvalue weighted by atomic mass is 79.9. The van der Waals surface area contributed by atoms with E-state index in [4.69, 9.17) is 0 Å². The minimum absolute atomic E-state index is 0.193. The molecule has 0 saturated heterocycles. The summed E-state index contributed by atoms with van der Waals surface area (Å²) in [6.45, 7) is 0. The molecule has 0 spiro atoms. The Bertz CT molecular complexity index is 654. The lowest BCUT2D eigenvalue weighted by Crippen LogP contribution is -2.04. The average molecular weight is 469 g/mol. The third kappa shape index (κ3) is 3.35. The molecule has 0 radical (unpaired) electrons. The Balaban J connectivity index is 2.45. The highest BCUT2D eigenvalue weighted by Gasteiger charge is 2.18. The fourth-order valence-corrected chi connectivity index (χ4v) is 2.90. The maximum absolute atomic E-state index is 13.9. The van der Waals surface area contributed by atoms with Gasteiger partial charge in [-0.25, -0.2) is 8.78 Å². The molecule has 0 aromatic heterocycles. The summed E-state index contributed by atoms with van der Waals surface area (Å²) in [6.07, 6.45) is 0. The zero-order valence-electron chi connectivity index (χ0n) is 9.84. The zero-order chi connectivity index (χ0) is 14.9. The molecule has 2 rings (SSSR count). The van der Waals surface area contributed by atoms with E-state index in [1.807, 2.05) is 0 Å². The van der Waals surface area contributed by atoms with E-state index in [0.717, 1.165) is 0 Å². The second kappa shape index (κ2) is 6.45. The third-order valence-corrected chi connectivity index (χ3v) is 4.32. The minimum Gasteiger partial charge on any atom is -0.289 e. The largest absolute Gasteiger partial charge is 0.289 e. The van der Waals surface area contributed by atoms with E-state index >= 15 is 0 Å². The summed E-state index contributed by atoms with van der Waals surface area (Å²) < 4.78 is 26.9. The van der Waals surface area contributed by atoms with Crippen molar-refractivity contribution in [3.05, 3.63) is 69.2 Å². The van der Waals surface area contributed by atoms with Crippen LogP contribution in [0, 0.1) is 11.6 Å². The summed E-state index contributed by atoms with van der Waals surface area (Å²) in [5.41, 5.74) is 0.875. The van der Waals surface area contributed by atoms with Crippen LogP contribution in [-0.4, -0.2) is 5.78 Å². The van der Waals surface area contributed by atoms with Crippen molar-refractivity contribution >= 4 is 53.6 Å². The van der Waals surface area contributed by atoms with Gasteiger partial charge < -0.3 is 0 Å². The number of rotatable bonds is 3. The quantitative estimate of drug-likeness (QED) is 0.414. The Labute approximate surface area is 139 Å². The first-order chi connectivity index (χ1) is 9.40.